The van der Waals surface area contributed by atoms with Crippen molar-refractivity contribution < 1.29 is 19.2 Å². The summed E-state index contributed by atoms with van der Waals surface area (Å²) >= 11 is 0.892. The molecule has 8 heteroatoms. The van der Waals surface area contributed by atoms with E-state index in [1.807, 2.05) is 51.1 Å². The number of likely N-dealkylation sites (N-methyl/N-ethyl adjacent to an activating group) is 1. The Hall–Kier alpha value is -2.19. The van der Waals surface area contributed by atoms with Gasteiger partial charge in [-0.15, -0.1) is 0 Å². The molecule has 0 radical (unpaired) electrons. The van der Waals surface area contributed by atoms with E-state index < -0.39 is 35.1 Å². The summed E-state index contributed by atoms with van der Waals surface area (Å²) < 4.78 is 0. The quantitative estimate of drug-likeness (QED) is 0.537. The van der Waals surface area contributed by atoms with Crippen LogP contribution in [0.1, 0.15) is 52.5 Å². The highest BCUT2D eigenvalue weighted by Crippen LogP contribution is 2.23. The van der Waals surface area contributed by atoms with Gasteiger partial charge in [0, 0.05) is 20.4 Å². The standard InChI is InChI=1S/C23H35N3O4S/c1-6-10-20(31-16(4)27)23(30)26(22(29)18(24)13-15(2)3)19(21(28)25-5)14-17-11-8-7-9-12-17/h7-9,11-12,15,18-20H,6,10,13-14,24H2,1-5H3,(H,25,28)/t18-,19-,20+/m0/s1. The fraction of sp³-hybridized carbons (Fsp3) is 0.565. The van der Waals surface area contributed by atoms with E-state index >= 15 is 0 Å². The van der Waals surface area contributed by atoms with E-state index in [1.165, 1.54) is 14.0 Å². The van der Waals surface area contributed by atoms with Gasteiger partial charge in [0.1, 0.15) is 6.04 Å². The van der Waals surface area contributed by atoms with Crippen LogP contribution in [0.2, 0.25) is 0 Å². The number of hydrogen-bond acceptors (Lipinski definition) is 6. The van der Waals surface area contributed by atoms with Crippen LogP contribution in [0.4, 0.5) is 0 Å². The van der Waals surface area contributed by atoms with E-state index in [0.29, 0.717) is 19.3 Å². The molecule has 3 amide bonds. The second kappa shape index (κ2) is 13.3. The third-order valence-electron chi connectivity index (χ3n) is 4.78. The Morgan fingerprint density at radius 3 is 2.19 bits per heavy atom. The largest absolute Gasteiger partial charge is 0.357 e. The van der Waals surface area contributed by atoms with Gasteiger partial charge in [0.05, 0.1) is 11.3 Å². The molecule has 3 atom stereocenters. The van der Waals surface area contributed by atoms with Gasteiger partial charge in [-0.05, 0) is 24.3 Å². The van der Waals surface area contributed by atoms with Crippen molar-refractivity contribution in [2.45, 2.75) is 70.7 Å². The molecular formula is C23H35N3O4S. The zero-order chi connectivity index (χ0) is 23.6. The molecule has 172 valence electrons. The minimum Gasteiger partial charge on any atom is -0.357 e. The first kappa shape index (κ1) is 26.8. The maximum absolute atomic E-state index is 13.5. The highest BCUT2D eigenvalue weighted by Gasteiger charge is 2.40. The zero-order valence-electron chi connectivity index (χ0n) is 19.1. The highest BCUT2D eigenvalue weighted by atomic mass is 32.2. The van der Waals surface area contributed by atoms with Crippen molar-refractivity contribution in [3.05, 3.63) is 35.9 Å². The molecule has 1 rings (SSSR count). The maximum atomic E-state index is 13.5. The summed E-state index contributed by atoms with van der Waals surface area (Å²) in [6, 6.07) is 7.22. The second-order valence-corrected chi connectivity index (χ2v) is 9.37. The molecule has 0 bridgehead atoms. The summed E-state index contributed by atoms with van der Waals surface area (Å²) in [5.41, 5.74) is 6.97. The minimum absolute atomic E-state index is 0.140. The first-order valence-corrected chi connectivity index (χ1v) is 11.5. The predicted octanol–water partition coefficient (Wildman–Crippen LogP) is 2.52. The molecule has 7 nitrogen and oxygen atoms in total. The van der Waals surface area contributed by atoms with Crippen molar-refractivity contribution in [2.24, 2.45) is 11.7 Å². The van der Waals surface area contributed by atoms with Crippen LogP contribution in [0, 0.1) is 5.92 Å². The van der Waals surface area contributed by atoms with Crippen LogP contribution in [0.3, 0.4) is 0 Å². The van der Waals surface area contributed by atoms with E-state index in [9.17, 15) is 19.2 Å². The molecule has 0 spiro atoms. The summed E-state index contributed by atoms with van der Waals surface area (Å²) in [5, 5.41) is 1.60. The van der Waals surface area contributed by atoms with Crippen molar-refractivity contribution in [3.63, 3.8) is 0 Å². The summed E-state index contributed by atoms with van der Waals surface area (Å²) in [4.78, 5) is 52.5. The topological polar surface area (TPSA) is 110 Å². The molecular weight excluding hydrogens is 414 g/mol. The molecule has 31 heavy (non-hydrogen) atoms. The van der Waals surface area contributed by atoms with Crippen molar-refractivity contribution >= 4 is 34.6 Å². The first-order valence-electron chi connectivity index (χ1n) is 10.7. The summed E-state index contributed by atoms with van der Waals surface area (Å²) in [6.07, 6.45) is 1.61. The monoisotopic (exact) mass is 449 g/mol. The first-order chi connectivity index (χ1) is 14.6. The lowest BCUT2D eigenvalue weighted by atomic mass is 9.99. The van der Waals surface area contributed by atoms with Gasteiger partial charge in [-0.2, -0.15) is 0 Å². The number of thioether (sulfide) groups is 1. The Bertz CT molecular complexity index is 754. The molecule has 0 unspecified atom stereocenters. The lowest BCUT2D eigenvalue weighted by Gasteiger charge is -2.33. The van der Waals surface area contributed by atoms with Crippen LogP contribution in [-0.2, 0) is 25.6 Å². The molecule has 0 fully saturated rings. The van der Waals surface area contributed by atoms with Crippen molar-refractivity contribution in [2.75, 3.05) is 7.05 Å². The van der Waals surface area contributed by atoms with E-state index in [-0.39, 0.29) is 17.5 Å². The summed E-state index contributed by atoms with van der Waals surface area (Å²) in [6.45, 7) is 7.16. The molecule has 1 aromatic carbocycles. The van der Waals surface area contributed by atoms with E-state index in [0.717, 1.165) is 22.2 Å². The normalized spacial score (nSPS) is 13.9. The highest BCUT2D eigenvalue weighted by molar-refractivity contribution is 8.14. The van der Waals surface area contributed by atoms with Gasteiger partial charge in [-0.25, -0.2) is 0 Å². The van der Waals surface area contributed by atoms with E-state index in [1.54, 1.807) is 0 Å². The van der Waals surface area contributed by atoms with Gasteiger partial charge in [0.25, 0.3) is 0 Å². The molecule has 0 aromatic heterocycles. The second-order valence-electron chi connectivity index (χ2n) is 7.99. The molecule has 0 saturated heterocycles. The zero-order valence-corrected chi connectivity index (χ0v) is 19.9. The van der Waals surface area contributed by atoms with Crippen LogP contribution in [0.15, 0.2) is 30.3 Å². The third kappa shape index (κ3) is 8.45. The maximum Gasteiger partial charge on any atom is 0.246 e. The van der Waals surface area contributed by atoms with Crippen LogP contribution in [0.25, 0.3) is 0 Å². The molecule has 0 saturated carbocycles. The number of benzene rings is 1. The predicted molar refractivity (Wildman–Crippen MR) is 124 cm³/mol. The Balaban J connectivity index is 3.43. The van der Waals surface area contributed by atoms with Crippen molar-refractivity contribution in [3.8, 4) is 0 Å². The van der Waals surface area contributed by atoms with Crippen molar-refractivity contribution in [1.29, 1.82) is 0 Å². The van der Waals surface area contributed by atoms with Crippen LogP contribution >= 0.6 is 11.8 Å². The fourth-order valence-corrected chi connectivity index (χ4v) is 4.33. The van der Waals surface area contributed by atoms with Crippen molar-refractivity contribution in [1.82, 2.24) is 10.2 Å². The Labute approximate surface area is 189 Å². The average Bonchev–Trinajstić information content (AvgIpc) is 2.72. The SMILES string of the molecule is CCC[C@@H](SC(C)=O)C(=O)N(C(=O)[C@@H](N)CC(C)C)[C@@H](Cc1ccccc1)C(=O)NC. The lowest BCUT2D eigenvalue weighted by molar-refractivity contribution is -0.152. The van der Waals surface area contributed by atoms with Gasteiger partial charge in [-0.3, -0.25) is 24.1 Å². The van der Waals surface area contributed by atoms with Crippen LogP contribution in [-0.4, -0.2) is 52.1 Å². The number of amides is 3. The average molecular weight is 450 g/mol. The number of carbonyl (C=O) groups excluding carboxylic acids is 4. The smallest absolute Gasteiger partial charge is 0.246 e. The number of nitrogens with two attached hydrogens (primary N) is 1. The number of imide groups is 1. The molecule has 0 aliphatic heterocycles. The minimum atomic E-state index is -1.06. The molecule has 0 aliphatic carbocycles. The number of carbonyl (C=O) groups is 4. The fourth-order valence-electron chi connectivity index (χ4n) is 3.36. The summed E-state index contributed by atoms with van der Waals surface area (Å²) in [7, 11) is 1.47. The number of rotatable bonds is 11. The Morgan fingerprint density at radius 1 is 1.10 bits per heavy atom. The van der Waals surface area contributed by atoms with Crippen LogP contribution < -0.4 is 11.1 Å². The van der Waals surface area contributed by atoms with E-state index in [2.05, 4.69) is 5.32 Å². The molecule has 0 aliphatic rings. The van der Waals surface area contributed by atoms with Gasteiger partial charge >= 0.3 is 0 Å². The molecule has 3 N–H and O–H groups in total. The number of nitrogens with zero attached hydrogens (tertiary/aromatic N) is 1. The van der Waals surface area contributed by atoms with Crippen LogP contribution in [0.5, 0.6) is 0 Å². The number of nitrogens with one attached hydrogen (secondary N) is 1. The van der Waals surface area contributed by atoms with Gasteiger partial charge in [-0.1, -0.05) is 69.3 Å². The summed E-state index contributed by atoms with van der Waals surface area (Å²) in [5.74, 6) is -1.45. The Kier molecular flexibility index (Phi) is 11.5. The van der Waals surface area contributed by atoms with Gasteiger partial charge in [0.15, 0.2) is 5.12 Å². The Morgan fingerprint density at radius 2 is 1.71 bits per heavy atom. The third-order valence-corrected chi connectivity index (χ3v) is 5.84. The lowest BCUT2D eigenvalue weighted by Crippen LogP contribution is -2.59. The van der Waals surface area contributed by atoms with E-state index in [4.69, 9.17) is 5.73 Å². The van der Waals surface area contributed by atoms with Gasteiger partial charge in [0.2, 0.25) is 17.7 Å². The number of hydrogen-bond donors (Lipinski definition) is 2. The molecule has 0 heterocycles. The van der Waals surface area contributed by atoms with Gasteiger partial charge < -0.3 is 11.1 Å². The molecule has 1 aromatic rings.